The molecule has 114 valence electrons. The number of hydrogen-bond donors (Lipinski definition) is 2. The lowest BCUT2D eigenvalue weighted by molar-refractivity contribution is -0.116. The molecule has 3 N–H and O–H groups in total. The Balaban J connectivity index is 3.00. The zero-order valence-electron chi connectivity index (χ0n) is 12.9. The largest absolute Gasteiger partial charge is 0.368 e. The van der Waals surface area contributed by atoms with Crippen LogP contribution >= 0.6 is 0 Å². The number of carbonyl (C=O) groups excluding carboxylic acids is 1. The van der Waals surface area contributed by atoms with Crippen molar-refractivity contribution in [2.45, 2.75) is 33.2 Å². The van der Waals surface area contributed by atoms with Gasteiger partial charge >= 0.3 is 0 Å². The smallest absolute Gasteiger partial charge is 0.236 e. The van der Waals surface area contributed by atoms with E-state index in [1.807, 2.05) is 30.0 Å². The number of carbonyl (C=O) groups is 1. The number of hydrogen-bond acceptors (Lipinski definition) is 4. The van der Waals surface area contributed by atoms with Crippen LogP contribution in [0.2, 0.25) is 0 Å². The molecular weight excluding hydrogens is 264 g/mol. The van der Waals surface area contributed by atoms with Gasteiger partial charge in [-0.25, -0.2) is 0 Å². The Morgan fingerprint density at radius 3 is 2.76 bits per heavy atom. The lowest BCUT2D eigenvalue weighted by atomic mass is 10.1. The number of unbranched alkanes of at least 4 members (excludes halogenated alkanes) is 1. The van der Waals surface area contributed by atoms with Gasteiger partial charge in [0.1, 0.15) is 6.07 Å². The van der Waals surface area contributed by atoms with Gasteiger partial charge in [0, 0.05) is 13.1 Å². The maximum absolute atomic E-state index is 11.2. The number of nitrogens with two attached hydrogens (primary N) is 1. The van der Waals surface area contributed by atoms with Crippen molar-refractivity contribution in [1.29, 1.82) is 5.26 Å². The molecule has 0 aromatic heterocycles. The van der Waals surface area contributed by atoms with Crippen molar-refractivity contribution < 1.29 is 4.79 Å². The SMILES string of the molecule is CCCCN(CC(N)=O)c1ccc(CNCC)cc1C#N. The summed E-state index contributed by atoms with van der Waals surface area (Å²) in [5.41, 5.74) is 7.75. The molecule has 0 radical (unpaired) electrons. The number of primary amides is 1. The fourth-order valence-corrected chi connectivity index (χ4v) is 2.15. The molecule has 1 aromatic rings. The third-order valence-corrected chi connectivity index (χ3v) is 3.23. The summed E-state index contributed by atoms with van der Waals surface area (Å²) in [6.07, 6.45) is 1.98. The number of amides is 1. The molecule has 1 aromatic carbocycles. The molecule has 1 amide bonds. The summed E-state index contributed by atoms with van der Waals surface area (Å²) >= 11 is 0. The number of nitrogens with zero attached hydrogens (tertiary/aromatic N) is 2. The van der Waals surface area contributed by atoms with Gasteiger partial charge in [0.15, 0.2) is 0 Å². The molecular formula is C16H24N4O. The number of nitriles is 1. The van der Waals surface area contributed by atoms with Gasteiger partial charge in [0.05, 0.1) is 17.8 Å². The fourth-order valence-electron chi connectivity index (χ4n) is 2.15. The van der Waals surface area contributed by atoms with Gasteiger partial charge < -0.3 is 16.0 Å². The van der Waals surface area contributed by atoms with Crippen LogP contribution in [0.4, 0.5) is 5.69 Å². The monoisotopic (exact) mass is 288 g/mol. The van der Waals surface area contributed by atoms with Crippen LogP contribution in [0, 0.1) is 11.3 Å². The summed E-state index contributed by atoms with van der Waals surface area (Å²) < 4.78 is 0. The summed E-state index contributed by atoms with van der Waals surface area (Å²) in [4.78, 5) is 13.1. The maximum Gasteiger partial charge on any atom is 0.236 e. The second kappa shape index (κ2) is 8.98. The molecule has 0 aliphatic rings. The zero-order chi connectivity index (χ0) is 15.7. The molecule has 5 nitrogen and oxygen atoms in total. The minimum atomic E-state index is -0.383. The second-order valence-electron chi connectivity index (χ2n) is 4.99. The first-order chi connectivity index (χ1) is 10.1. The quantitative estimate of drug-likeness (QED) is 0.725. The molecule has 0 saturated carbocycles. The van der Waals surface area contributed by atoms with Crippen LogP contribution in [0.15, 0.2) is 18.2 Å². The second-order valence-corrected chi connectivity index (χ2v) is 4.99. The summed E-state index contributed by atoms with van der Waals surface area (Å²) in [5.74, 6) is -0.383. The Bertz CT molecular complexity index is 507. The minimum absolute atomic E-state index is 0.140. The van der Waals surface area contributed by atoms with E-state index in [0.29, 0.717) is 5.56 Å². The van der Waals surface area contributed by atoms with Gasteiger partial charge in [0.2, 0.25) is 5.91 Å². The fraction of sp³-hybridized carbons (Fsp3) is 0.500. The van der Waals surface area contributed by atoms with Crippen molar-refractivity contribution in [3.05, 3.63) is 29.3 Å². The Labute approximate surface area is 126 Å². The summed E-state index contributed by atoms with van der Waals surface area (Å²) in [6, 6.07) is 7.99. The Morgan fingerprint density at radius 2 is 2.19 bits per heavy atom. The van der Waals surface area contributed by atoms with Crippen LogP contribution in [-0.2, 0) is 11.3 Å². The summed E-state index contributed by atoms with van der Waals surface area (Å²) in [5, 5.41) is 12.6. The summed E-state index contributed by atoms with van der Waals surface area (Å²) in [7, 11) is 0. The van der Waals surface area contributed by atoms with Gasteiger partial charge in [0.25, 0.3) is 0 Å². The first-order valence-corrected chi connectivity index (χ1v) is 7.39. The van der Waals surface area contributed by atoms with E-state index in [-0.39, 0.29) is 12.5 Å². The van der Waals surface area contributed by atoms with Crippen molar-refractivity contribution in [1.82, 2.24) is 5.32 Å². The van der Waals surface area contributed by atoms with E-state index >= 15 is 0 Å². The van der Waals surface area contributed by atoms with E-state index in [1.54, 1.807) is 0 Å². The topological polar surface area (TPSA) is 82.2 Å². The highest BCUT2D eigenvalue weighted by Crippen LogP contribution is 2.22. The predicted molar refractivity (Wildman–Crippen MR) is 84.9 cm³/mol. The van der Waals surface area contributed by atoms with Gasteiger partial charge in [-0.3, -0.25) is 4.79 Å². The molecule has 0 bridgehead atoms. The Morgan fingerprint density at radius 1 is 1.43 bits per heavy atom. The highest BCUT2D eigenvalue weighted by atomic mass is 16.1. The molecule has 0 atom stereocenters. The molecule has 0 heterocycles. The average Bonchev–Trinajstić information content (AvgIpc) is 2.48. The molecule has 0 spiro atoms. The molecule has 0 aliphatic carbocycles. The highest BCUT2D eigenvalue weighted by Gasteiger charge is 2.13. The van der Waals surface area contributed by atoms with Gasteiger partial charge in [-0.2, -0.15) is 5.26 Å². The number of benzene rings is 1. The van der Waals surface area contributed by atoms with Gasteiger partial charge in [-0.15, -0.1) is 0 Å². The van der Waals surface area contributed by atoms with Crippen molar-refractivity contribution in [3.63, 3.8) is 0 Å². The van der Waals surface area contributed by atoms with Crippen molar-refractivity contribution >= 4 is 11.6 Å². The van der Waals surface area contributed by atoms with Crippen molar-refractivity contribution in [3.8, 4) is 6.07 Å². The first kappa shape index (κ1) is 17.0. The van der Waals surface area contributed by atoms with E-state index in [0.717, 1.165) is 43.7 Å². The van der Waals surface area contributed by atoms with Gasteiger partial charge in [-0.05, 0) is 30.7 Å². The Kier molecular flexibility index (Phi) is 7.27. The lowest BCUT2D eigenvalue weighted by Crippen LogP contribution is -2.35. The molecule has 0 unspecified atom stereocenters. The zero-order valence-corrected chi connectivity index (χ0v) is 12.9. The lowest BCUT2D eigenvalue weighted by Gasteiger charge is -2.24. The van der Waals surface area contributed by atoms with Gasteiger partial charge in [-0.1, -0.05) is 26.3 Å². The standard InChI is InChI=1S/C16H24N4O/c1-3-5-8-20(12-16(18)21)15-7-6-13(11-19-4-2)9-14(15)10-17/h6-7,9,19H,3-5,8,11-12H2,1-2H3,(H2,18,21). The van der Waals surface area contributed by atoms with Crippen molar-refractivity contribution in [2.24, 2.45) is 5.73 Å². The van der Waals surface area contributed by atoms with Crippen LogP contribution in [0.1, 0.15) is 37.8 Å². The average molecular weight is 288 g/mol. The first-order valence-electron chi connectivity index (χ1n) is 7.39. The van der Waals surface area contributed by atoms with Crippen LogP contribution in [-0.4, -0.2) is 25.5 Å². The number of nitrogens with one attached hydrogen (secondary N) is 1. The molecule has 1 rings (SSSR count). The maximum atomic E-state index is 11.2. The highest BCUT2D eigenvalue weighted by molar-refractivity contribution is 5.80. The van der Waals surface area contributed by atoms with E-state index in [2.05, 4.69) is 18.3 Å². The molecule has 0 fully saturated rings. The molecule has 0 saturated heterocycles. The van der Waals surface area contributed by atoms with Crippen LogP contribution in [0.25, 0.3) is 0 Å². The van der Waals surface area contributed by atoms with Crippen LogP contribution in [0.3, 0.4) is 0 Å². The third-order valence-electron chi connectivity index (χ3n) is 3.23. The summed E-state index contributed by atoms with van der Waals surface area (Å²) in [6.45, 7) is 6.61. The van der Waals surface area contributed by atoms with Crippen LogP contribution < -0.4 is 16.0 Å². The molecule has 0 aliphatic heterocycles. The minimum Gasteiger partial charge on any atom is -0.368 e. The van der Waals surface area contributed by atoms with E-state index in [1.165, 1.54) is 0 Å². The molecule has 21 heavy (non-hydrogen) atoms. The van der Waals surface area contributed by atoms with Crippen LogP contribution in [0.5, 0.6) is 0 Å². The van der Waals surface area contributed by atoms with E-state index in [9.17, 15) is 10.1 Å². The van der Waals surface area contributed by atoms with E-state index in [4.69, 9.17) is 5.73 Å². The number of anilines is 1. The van der Waals surface area contributed by atoms with Crippen molar-refractivity contribution in [2.75, 3.05) is 24.5 Å². The Hall–Kier alpha value is -2.06. The number of rotatable bonds is 9. The third kappa shape index (κ3) is 5.44. The normalized spacial score (nSPS) is 10.1. The predicted octanol–water partition coefficient (Wildman–Crippen LogP) is 1.76. The molecule has 5 heteroatoms. The van der Waals surface area contributed by atoms with E-state index < -0.39 is 0 Å².